The maximum atomic E-state index is 10.7. The lowest BCUT2D eigenvalue weighted by Crippen LogP contribution is -2.18. The topological polar surface area (TPSA) is 89.9 Å². The molecule has 1 unspecified atom stereocenters. The molecule has 0 aliphatic carbocycles. The molecule has 0 aliphatic rings. The Kier molecular flexibility index (Phi) is 4.75. The van der Waals surface area contributed by atoms with Crippen molar-refractivity contribution >= 4 is 16.4 Å². The van der Waals surface area contributed by atoms with E-state index in [0.717, 1.165) is 7.11 Å². The summed E-state index contributed by atoms with van der Waals surface area (Å²) in [5.41, 5.74) is -0.121. The Balaban J connectivity index is 4.19. The Morgan fingerprint density at radius 3 is 2.43 bits per heavy atom. The van der Waals surface area contributed by atoms with E-state index in [1.807, 2.05) is 0 Å². The molecule has 14 heavy (non-hydrogen) atoms. The summed E-state index contributed by atoms with van der Waals surface area (Å²) in [5.74, 6) is -1.18. The molecule has 0 saturated carbocycles. The van der Waals surface area contributed by atoms with Crippen molar-refractivity contribution in [1.82, 2.24) is 0 Å². The Morgan fingerprint density at radius 2 is 2.07 bits per heavy atom. The molecular formula is C7H12O6S. The molecular weight excluding hydrogens is 212 g/mol. The van der Waals surface area contributed by atoms with E-state index in [1.165, 1.54) is 6.92 Å². The highest BCUT2D eigenvalue weighted by Gasteiger charge is 2.17. The predicted molar refractivity (Wildman–Crippen MR) is 47.9 cm³/mol. The first kappa shape index (κ1) is 13.1. The summed E-state index contributed by atoms with van der Waals surface area (Å²) in [4.78, 5) is 10.3. The van der Waals surface area contributed by atoms with Crippen LogP contribution >= 0.6 is 0 Å². The van der Waals surface area contributed by atoms with Gasteiger partial charge in [0.25, 0.3) is 0 Å². The van der Waals surface area contributed by atoms with E-state index in [9.17, 15) is 13.2 Å². The molecule has 0 aromatic heterocycles. The molecule has 0 rings (SSSR count). The maximum Gasteiger partial charge on any atom is 0.399 e. The number of carbonyl (C=O) groups is 1. The fourth-order valence-electron chi connectivity index (χ4n) is 0.709. The first-order chi connectivity index (χ1) is 6.28. The standard InChI is InChI=1S/C7H12O6S/c1-5(7(8)9)4-6(2)13-14(10,11)12-3/h6H,1,4H2,2-3H3,(H,8,9). The van der Waals surface area contributed by atoms with Gasteiger partial charge in [0, 0.05) is 12.0 Å². The van der Waals surface area contributed by atoms with Crippen molar-refractivity contribution in [2.24, 2.45) is 0 Å². The van der Waals surface area contributed by atoms with Gasteiger partial charge in [0.1, 0.15) is 0 Å². The molecule has 0 aromatic carbocycles. The third-order valence-electron chi connectivity index (χ3n) is 1.32. The van der Waals surface area contributed by atoms with Crippen LogP contribution in [-0.2, 0) is 23.6 Å². The second-order valence-electron chi connectivity index (χ2n) is 2.59. The molecule has 0 bridgehead atoms. The largest absolute Gasteiger partial charge is 0.478 e. The number of rotatable bonds is 6. The van der Waals surface area contributed by atoms with Gasteiger partial charge in [-0.1, -0.05) is 6.58 Å². The van der Waals surface area contributed by atoms with Gasteiger partial charge < -0.3 is 5.11 Å². The SMILES string of the molecule is C=C(CC(C)OS(=O)(=O)OC)C(=O)O. The van der Waals surface area contributed by atoms with Crippen LogP contribution in [0.4, 0.5) is 0 Å². The summed E-state index contributed by atoms with van der Waals surface area (Å²) < 4.78 is 29.9. The lowest BCUT2D eigenvalue weighted by molar-refractivity contribution is -0.133. The summed E-state index contributed by atoms with van der Waals surface area (Å²) in [6, 6.07) is 0. The quantitative estimate of drug-likeness (QED) is 0.653. The fourth-order valence-corrected chi connectivity index (χ4v) is 1.26. The van der Waals surface area contributed by atoms with Crippen LogP contribution in [0, 0.1) is 0 Å². The van der Waals surface area contributed by atoms with Crippen LogP contribution in [0.1, 0.15) is 13.3 Å². The van der Waals surface area contributed by atoms with Gasteiger partial charge in [0.05, 0.1) is 13.2 Å². The third-order valence-corrected chi connectivity index (χ3v) is 2.30. The van der Waals surface area contributed by atoms with Crippen LogP contribution in [-0.4, -0.2) is 32.7 Å². The van der Waals surface area contributed by atoms with Gasteiger partial charge in [-0.05, 0) is 6.92 Å². The average Bonchev–Trinajstić information content (AvgIpc) is 2.02. The molecule has 0 aromatic rings. The third kappa shape index (κ3) is 4.95. The average molecular weight is 224 g/mol. The molecule has 0 amide bonds. The molecule has 0 fully saturated rings. The molecule has 0 radical (unpaired) electrons. The summed E-state index contributed by atoms with van der Waals surface area (Å²) >= 11 is 0. The Hall–Kier alpha value is -0.920. The lowest BCUT2D eigenvalue weighted by Gasteiger charge is -2.10. The van der Waals surface area contributed by atoms with E-state index >= 15 is 0 Å². The fraction of sp³-hybridized carbons (Fsp3) is 0.571. The van der Waals surface area contributed by atoms with E-state index in [2.05, 4.69) is 14.9 Å². The molecule has 6 nitrogen and oxygen atoms in total. The van der Waals surface area contributed by atoms with Crippen LogP contribution < -0.4 is 0 Å². The molecule has 0 heterocycles. The van der Waals surface area contributed by atoms with Crippen LogP contribution in [0.2, 0.25) is 0 Å². The smallest absolute Gasteiger partial charge is 0.399 e. The number of aliphatic carboxylic acids is 1. The monoisotopic (exact) mass is 224 g/mol. The zero-order valence-corrected chi connectivity index (χ0v) is 8.70. The zero-order valence-electron chi connectivity index (χ0n) is 7.89. The minimum Gasteiger partial charge on any atom is -0.478 e. The molecule has 1 N–H and O–H groups in total. The lowest BCUT2D eigenvalue weighted by atomic mass is 10.1. The first-order valence-electron chi connectivity index (χ1n) is 3.68. The maximum absolute atomic E-state index is 10.7. The molecule has 0 spiro atoms. The van der Waals surface area contributed by atoms with Gasteiger partial charge in [0.2, 0.25) is 0 Å². The van der Waals surface area contributed by atoms with Gasteiger partial charge in [-0.25, -0.2) is 8.98 Å². The Bertz CT molecular complexity index is 317. The minimum atomic E-state index is -4.02. The highest BCUT2D eigenvalue weighted by molar-refractivity contribution is 7.81. The number of carboxylic acid groups (broad SMARTS) is 1. The summed E-state index contributed by atoms with van der Waals surface area (Å²) in [7, 11) is -3.07. The van der Waals surface area contributed by atoms with Crippen molar-refractivity contribution < 1.29 is 26.7 Å². The minimum absolute atomic E-state index is 0.0854. The Morgan fingerprint density at radius 1 is 1.57 bits per heavy atom. The second-order valence-corrected chi connectivity index (χ2v) is 3.94. The van der Waals surface area contributed by atoms with Crippen LogP contribution in [0.15, 0.2) is 12.2 Å². The highest BCUT2D eigenvalue weighted by atomic mass is 32.3. The van der Waals surface area contributed by atoms with Crippen molar-refractivity contribution in [1.29, 1.82) is 0 Å². The van der Waals surface area contributed by atoms with Crippen molar-refractivity contribution in [2.75, 3.05) is 7.11 Å². The van der Waals surface area contributed by atoms with Crippen molar-refractivity contribution in [3.63, 3.8) is 0 Å². The molecule has 1 atom stereocenters. The van der Waals surface area contributed by atoms with Gasteiger partial charge in [0.15, 0.2) is 0 Å². The zero-order chi connectivity index (χ0) is 11.4. The Labute approximate surface area is 82.5 Å². The molecule has 82 valence electrons. The van der Waals surface area contributed by atoms with Crippen molar-refractivity contribution in [3.05, 3.63) is 12.2 Å². The van der Waals surface area contributed by atoms with E-state index in [1.54, 1.807) is 0 Å². The van der Waals surface area contributed by atoms with Crippen LogP contribution in [0.25, 0.3) is 0 Å². The number of hydrogen-bond donors (Lipinski definition) is 1. The van der Waals surface area contributed by atoms with E-state index in [0.29, 0.717) is 0 Å². The van der Waals surface area contributed by atoms with Gasteiger partial charge >= 0.3 is 16.4 Å². The normalized spacial score (nSPS) is 13.6. The number of carboxylic acids is 1. The van der Waals surface area contributed by atoms with Crippen molar-refractivity contribution in [3.8, 4) is 0 Å². The van der Waals surface area contributed by atoms with Crippen molar-refractivity contribution in [2.45, 2.75) is 19.4 Å². The van der Waals surface area contributed by atoms with E-state index < -0.39 is 22.5 Å². The molecule has 0 saturated heterocycles. The van der Waals surface area contributed by atoms with Crippen LogP contribution in [0.5, 0.6) is 0 Å². The van der Waals surface area contributed by atoms with Gasteiger partial charge in [-0.15, -0.1) is 0 Å². The van der Waals surface area contributed by atoms with Gasteiger partial charge in [-0.2, -0.15) is 8.42 Å². The highest BCUT2D eigenvalue weighted by Crippen LogP contribution is 2.09. The van der Waals surface area contributed by atoms with E-state index in [-0.39, 0.29) is 12.0 Å². The molecule has 0 aliphatic heterocycles. The molecule has 7 heteroatoms. The first-order valence-corrected chi connectivity index (χ1v) is 5.01. The van der Waals surface area contributed by atoms with E-state index in [4.69, 9.17) is 5.11 Å². The summed E-state index contributed by atoms with van der Waals surface area (Å²) in [5, 5.41) is 8.45. The van der Waals surface area contributed by atoms with Gasteiger partial charge in [-0.3, -0.25) is 4.18 Å². The predicted octanol–water partition coefficient (Wildman–Crippen LogP) is 0.314. The second kappa shape index (κ2) is 5.08. The van der Waals surface area contributed by atoms with Crippen LogP contribution in [0.3, 0.4) is 0 Å². The summed E-state index contributed by atoms with van der Waals surface area (Å²) in [6.07, 6.45) is -0.902. The summed E-state index contributed by atoms with van der Waals surface area (Å²) in [6.45, 7) is 4.64. The number of hydrogen-bond acceptors (Lipinski definition) is 5.